The van der Waals surface area contributed by atoms with Gasteiger partial charge < -0.3 is 20.5 Å². The first-order chi connectivity index (χ1) is 11.9. The number of amides is 1. The van der Waals surface area contributed by atoms with Gasteiger partial charge in [-0.3, -0.25) is 0 Å². The predicted molar refractivity (Wildman–Crippen MR) is 95.2 cm³/mol. The Kier molecular flexibility index (Phi) is 5.22. The Morgan fingerprint density at radius 2 is 2.28 bits per heavy atom. The first-order valence-electron chi connectivity index (χ1n) is 9.32. The molecule has 1 aliphatic carbocycles. The van der Waals surface area contributed by atoms with Crippen LogP contribution in [0.4, 0.5) is 10.6 Å². The molecule has 1 aromatic heterocycles. The van der Waals surface area contributed by atoms with E-state index in [9.17, 15) is 4.79 Å². The summed E-state index contributed by atoms with van der Waals surface area (Å²) >= 11 is 0. The van der Waals surface area contributed by atoms with Gasteiger partial charge in [0.1, 0.15) is 11.4 Å². The van der Waals surface area contributed by atoms with Crippen molar-refractivity contribution in [1.82, 2.24) is 15.1 Å². The van der Waals surface area contributed by atoms with E-state index in [0.29, 0.717) is 5.82 Å². The van der Waals surface area contributed by atoms with Crippen LogP contribution in [0.25, 0.3) is 0 Å². The summed E-state index contributed by atoms with van der Waals surface area (Å²) in [6, 6.07) is 2.02. The van der Waals surface area contributed by atoms with Crippen LogP contribution in [-0.4, -0.2) is 34.1 Å². The standard InChI is InChI=1S/C18H30N4O3/c1-12(2)20-17(23)25-18(3)8-7-13(11-18)14-10-15(19)22(21-14)16-6-4-5-9-24-16/h10,12-13,16H,4-9,11,19H2,1-3H3,(H,20,23)/t13-,16?,18+/m0/s1. The van der Waals surface area contributed by atoms with Crippen molar-refractivity contribution in [2.75, 3.05) is 12.3 Å². The molecule has 1 unspecified atom stereocenters. The van der Waals surface area contributed by atoms with Crippen molar-refractivity contribution in [3.63, 3.8) is 0 Å². The fraction of sp³-hybridized carbons (Fsp3) is 0.778. The Balaban J connectivity index is 1.64. The first-order valence-corrected chi connectivity index (χ1v) is 9.32. The molecule has 3 atom stereocenters. The van der Waals surface area contributed by atoms with E-state index >= 15 is 0 Å². The number of rotatable bonds is 4. The summed E-state index contributed by atoms with van der Waals surface area (Å²) in [6.45, 7) is 6.60. The van der Waals surface area contributed by atoms with Crippen molar-refractivity contribution >= 4 is 11.9 Å². The van der Waals surface area contributed by atoms with Gasteiger partial charge in [0.15, 0.2) is 6.23 Å². The van der Waals surface area contributed by atoms with E-state index in [1.807, 2.05) is 31.5 Å². The van der Waals surface area contributed by atoms with Gasteiger partial charge in [-0.15, -0.1) is 0 Å². The molecule has 7 heteroatoms. The van der Waals surface area contributed by atoms with Crippen LogP contribution in [0.2, 0.25) is 0 Å². The van der Waals surface area contributed by atoms with Crippen LogP contribution < -0.4 is 11.1 Å². The molecule has 2 fully saturated rings. The summed E-state index contributed by atoms with van der Waals surface area (Å²) in [5.41, 5.74) is 6.69. The lowest BCUT2D eigenvalue weighted by molar-refractivity contribution is -0.0382. The zero-order chi connectivity index (χ0) is 18.0. The Labute approximate surface area is 149 Å². The third-order valence-electron chi connectivity index (χ3n) is 5.08. The molecule has 0 aromatic carbocycles. The molecule has 1 saturated heterocycles. The molecule has 3 N–H and O–H groups in total. The second kappa shape index (κ2) is 7.23. The molecular formula is C18H30N4O3. The number of nitrogen functional groups attached to an aromatic ring is 1. The van der Waals surface area contributed by atoms with E-state index in [2.05, 4.69) is 5.32 Å². The number of hydrogen-bond acceptors (Lipinski definition) is 5. The number of nitrogens with one attached hydrogen (secondary N) is 1. The fourth-order valence-electron chi connectivity index (χ4n) is 3.81. The van der Waals surface area contributed by atoms with Gasteiger partial charge in [0, 0.05) is 24.6 Å². The van der Waals surface area contributed by atoms with E-state index in [4.69, 9.17) is 20.3 Å². The number of hydrogen-bond donors (Lipinski definition) is 2. The van der Waals surface area contributed by atoms with Crippen LogP contribution in [-0.2, 0) is 9.47 Å². The lowest BCUT2D eigenvalue weighted by Gasteiger charge is -2.25. The zero-order valence-electron chi connectivity index (χ0n) is 15.5. The fourth-order valence-corrected chi connectivity index (χ4v) is 3.81. The van der Waals surface area contributed by atoms with Crippen LogP contribution in [0, 0.1) is 0 Å². The summed E-state index contributed by atoms with van der Waals surface area (Å²) in [6.07, 6.45) is 5.32. The van der Waals surface area contributed by atoms with Gasteiger partial charge in [0.25, 0.3) is 0 Å². The Hall–Kier alpha value is -1.76. The second-order valence-corrected chi connectivity index (χ2v) is 7.84. The molecule has 0 radical (unpaired) electrons. The van der Waals surface area contributed by atoms with Crippen LogP contribution >= 0.6 is 0 Å². The van der Waals surface area contributed by atoms with Crippen molar-refractivity contribution in [3.8, 4) is 0 Å². The number of carbonyl (C=O) groups excluding carboxylic acids is 1. The number of nitrogens with zero attached hydrogens (tertiary/aromatic N) is 2. The number of ether oxygens (including phenoxy) is 2. The molecule has 2 aliphatic rings. The third kappa shape index (κ3) is 4.26. The average Bonchev–Trinajstić information content (AvgIpc) is 3.10. The van der Waals surface area contributed by atoms with Crippen molar-refractivity contribution in [2.45, 2.75) is 83.1 Å². The monoisotopic (exact) mass is 350 g/mol. The molecule has 0 bridgehead atoms. The average molecular weight is 350 g/mol. The second-order valence-electron chi connectivity index (χ2n) is 7.84. The minimum atomic E-state index is -0.455. The number of anilines is 1. The topological polar surface area (TPSA) is 91.4 Å². The van der Waals surface area contributed by atoms with Gasteiger partial charge in [-0.25, -0.2) is 9.48 Å². The summed E-state index contributed by atoms with van der Waals surface area (Å²) < 4.78 is 13.3. The minimum Gasteiger partial charge on any atom is -0.443 e. The van der Waals surface area contributed by atoms with Gasteiger partial charge in [-0.1, -0.05) is 0 Å². The van der Waals surface area contributed by atoms with Gasteiger partial charge in [-0.2, -0.15) is 5.10 Å². The maximum absolute atomic E-state index is 11.9. The number of nitrogens with two attached hydrogens (primary N) is 1. The summed E-state index contributed by atoms with van der Waals surface area (Å²) in [7, 11) is 0. The Morgan fingerprint density at radius 3 is 2.96 bits per heavy atom. The lowest BCUT2D eigenvalue weighted by atomic mass is 10.00. The van der Waals surface area contributed by atoms with E-state index in [1.54, 1.807) is 0 Å². The maximum Gasteiger partial charge on any atom is 0.407 e. The van der Waals surface area contributed by atoms with Crippen LogP contribution in [0.1, 0.15) is 77.1 Å². The molecular weight excluding hydrogens is 320 g/mol. The highest BCUT2D eigenvalue weighted by Gasteiger charge is 2.40. The molecule has 1 aliphatic heterocycles. The van der Waals surface area contributed by atoms with E-state index in [-0.39, 0.29) is 24.3 Å². The predicted octanol–water partition coefficient (Wildman–Crippen LogP) is 3.33. The largest absolute Gasteiger partial charge is 0.443 e. The molecule has 1 saturated carbocycles. The summed E-state index contributed by atoms with van der Waals surface area (Å²) in [5, 5.41) is 7.51. The van der Waals surface area contributed by atoms with Gasteiger partial charge in [0.05, 0.1) is 5.69 Å². The van der Waals surface area contributed by atoms with E-state index in [0.717, 1.165) is 50.8 Å². The summed E-state index contributed by atoms with van der Waals surface area (Å²) in [4.78, 5) is 11.9. The minimum absolute atomic E-state index is 0.0524. The van der Waals surface area contributed by atoms with Crippen LogP contribution in [0.3, 0.4) is 0 Å². The van der Waals surface area contributed by atoms with Crippen molar-refractivity contribution in [3.05, 3.63) is 11.8 Å². The van der Waals surface area contributed by atoms with E-state index < -0.39 is 5.60 Å². The molecule has 7 nitrogen and oxygen atoms in total. The molecule has 1 aromatic rings. The SMILES string of the molecule is CC(C)NC(=O)O[C@]1(C)CC[C@H](c2cc(N)n(C3CCCCO3)n2)C1. The van der Waals surface area contributed by atoms with Gasteiger partial charge >= 0.3 is 6.09 Å². The smallest absolute Gasteiger partial charge is 0.407 e. The number of alkyl carbamates (subject to hydrolysis) is 1. The quantitative estimate of drug-likeness (QED) is 0.869. The van der Waals surface area contributed by atoms with Crippen molar-refractivity contribution in [2.24, 2.45) is 0 Å². The first kappa shape index (κ1) is 18.0. The zero-order valence-corrected chi connectivity index (χ0v) is 15.5. The highest BCUT2D eigenvalue weighted by atomic mass is 16.6. The number of aromatic nitrogens is 2. The normalized spacial score (nSPS) is 29.8. The highest BCUT2D eigenvalue weighted by Crippen LogP contribution is 2.43. The van der Waals surface area contributed by atoms with Crippen LogP contribution in [0.5, 0.6) is 0 Å². The van der Waals surface area contributed by atoms with Crippen LogP contribution in [0.15, 0.2) is 6.07 Å². The Morgan fingerprint density at radius 1 is 1.48 bits per heavy atom. The molecule has 140 valence electrons. The Bertz CT molecular complexity index is 609. The summed E-state index contributed by atoms with van der Waals surface area (Å²) in [5.74, 6) is 0.901. The molecule has 2 heterocycles. The van der Waals surface area contributed by atoms with E-state index in [1.165, 1.54) is 0 Å². The highest BCUT2D eigenvalue weighted by molar-refractivity contribution is 5.68. The molecule has 3 rings (SSSR count). The molecule has 25 heavy (non-hydrogen) atoms. The van der Waals surface area contributed by atoms with Gasteiger partial charge in [-0.05, 0) is 59.3 Å². The maximum atomic E-state index is 11.9. The third-order valence-corrected chi connectivity index (χ3v) is 5.08. The van der Waals surface area contributed by atoms with Gasteiger partial charge in [0.2, 0.25) is 0 Å². The van der Waals surface area contributed by atoms with Crippen molar-refractivity contribution in [1.29, 1.82) is 0 Å². The number of carbonyl (C=O) groups is 1. The van der Waals surface area contributed by atoms with Crippen molar-refractivity contribution < 1.29 is 14.3 Å². The molecule has 1 amide bonds. The molecule has 0 spiro atoms. The lowest BCUT2D eigenvalue weighted by Crippen LogP contribution is -2.38.